The number of hydrogen-bond donors (Lipinski definition) is 1. The van der Waals surface area contributed by atoms with Crippen molar-refractivity contribution in [2.75, 3.05) is 46.5 Å². The van der Waals surface area contributed by atoms with Gasteiger partial charge in [-0.1, -0.05) is 23.7 Å². The summed E-state index contributed by atoms with van der Waals surface area (Å²) in [6.07, 6.45) is 1.46. The molecule has 1 amide bonds. The predicted octanol–water partition coefficient (Wildman–Crippen LogP) is 2.19. The Hall–Kier alpha value is -1.30. The van der Waals surface area contributed by atoms with E-state index in [0.717, 1.165) is 39.2 Å². The summed E-state index contributed by atoms with van der Waals surface area (Å²) in [5, 5.41) is 3.56. The van der Waals surface area contributed by atoms with Crippen molar-refractivity contribution in [2.24, 2.45) is 5.92 Å². The van der Waals surface area contributed by atoms with Crippen molar-refractivity contribution in [1.29, 1.82) is 0 Å². The molecule has 0 spiro atoms. The number of nitrogens with zero attached hydrogens (tertiary/aromatic N) is 1. The van der Waals surface area contributed by atoms with Crippen molar-refractivity contribution in [2.45, 2.75) is 12.8 Å². The third kappa shape index (κ3) is 6.37. The number of benzene rings is 1. The lowest BCUT2D eigenvalue weighted by Crippen LogP contribution is -2.32. The number of rotatable bonds is 9. The monoisotopic (exact) mass is 340 g/mol. The predicted molar refractivity (Wildman–Crippen MR) is 91.0 cm³/mol. The van der Waals surface area contributed by atoms with Crippen LogP contribution >= 0.6 is 11.6 Å². The Kier molecular flexibility index (Phi) is 7.65. The SMILES string of the molecule is COCCN1CC[C@@H](CNC(=O)CCOc2ccccc2Cl)C1. The fourth-order valence-corrected chi connectivity index (χ4v) is 2.86. The lowest BCUT2D eigenvalue weighted by molar-refractivity contribution is -0.121. The van der Waals surface area contributed by atoms with E-state index >= 15 is 0 Å². The molecule has 1 aromatic rings. The molecule has 1 atom stereocenters. The second-order valence-corrected chi connectivity index (χ2v) is 6.19. The van der Waals surface area contributed by atoms with Crippen molar-refractivity contribution < 1.29 is 14.3 Å². The Bertz CT molecular complexity index is 498. The van der Waals surface area contributed by atoms with Gasteiger partial charge in [0, 0.05) is 26.7 Å². The lowest BCUT2D eigenvalue weighted by Gasteiger charge is -2.15. The highest BCUT2D eigenvalue weighted by Crippen LogP contribution is 2.23. The van der Waals surface area contributed by atoms with Gasteiger partial charge in [-0.2, -0.15) is 0 Å². The van der Waals surface area contributed by atoms with Crippen molar-refractivity contribution in [1.82, 2.24) is 10.2 Å². The molecule has 1 heterocycles. The van der Waals surface area contributed by atoms with Crippen LogP contribution in [-0.4, -0.2) is 57.3 Å². The minimum atomic E-state index is 0.0207. The van der Waals surface area contributed by atoms with Gasteiger partial charge in [0.2, 0.25) is 5.91 Å². The number of carbonyl (C=O) groups excluding carboxylic acids is 1. The van der Waals surface area contributed by atoms with Crippen LogP contribution in [0.2, 0.25) is 5.02 Å². The molecule has 5 nitrogen and oxygen atoms in total. The molecule has 0 aliphatic carbocycles. The minimum Gasteiger partial charge on any atom is -0.491 e. The smallest absolute Gasteiger partial charge is 0.223 e. The van der Waals surface area contributed by atoms with E-state index in [4.69, 9.17) is 21.1 Å². The van der Waals surface area contributed by atoms with Gasteiger partial charge < -0.3 is 19.7 Å². The van der Waals surface area contributed by atoms with Crippen LogP contribution in [0.5, 0.6) is 5.75 Å². The Morgan fingerprint density at radius 2 is 2.22 bits per heavy atom. The summed E-state index contributed by atoms with van der Waals surface area (Å²) in [6.45, 7) is 4.90. The van der Waals surface area contributed by atoms with Crippen molar-refractivity contribution >= 4 is 17.5 Å². The number of hydrogen-bond acceptors (Lipinski definition) is 4. The van der Waals surface area contributed by atoms with Crippen LogP contribution in [0.3, 0.4) is 0 Å². The Labute approximate surface area is 142 Å². The zero-order valence-corrected chi connectivity index (χ0v) is 14.3. The van der Waals surface area contributed by atoms with Gasteiger partial charge in [0.05, 0.1) is 24.7 Å². The molecule has 1 N–H and O–H groups in total. The number of methoxy groups -OCH3 is 1. The molecule has 0 aromatic heterocycles. The van der Waals surface area contributed by atoms with E-state index in [-0.39, 0.29) is 5.91 Å². The zero-order chi connectivity index (χ0) is 16.5. The molecule has 128 valence electrons. The number of ether oxygens (including phenoxy) is 2. The van der Waals surface area contributed by atoms with Gasteiger partial charge in [-0.3, -0.25) is 4.79 Å². The van der Waals surface area contributed by atoms with E-state index in [2.05, 4.69) is 10.2 Å². The highest BCUT2D eigenvalue weighted by Gasteiger charge is 2.22. The molecule has 1 saturated heterocycles. The Morgan fingerprint density at radius 1 is 1.39 bits per heavy atom. The van der Waals surface area contributed by atoms with Crippen LogP contribution < -0.4 is 10.1 Å². The summed E-state index contributed by atoms with van der Waals surface area (Å²) in [5.41, 5.74) is 0. The molecule has 23 heavy (non-hydrogen) atoms. The fourth-order valence-electron chi connectivity index (χ4n) is 2.66. The maximum absolute atomic E-state index is 11.9. The van der Waals surface area contributed by atoms with E-state index in [1.165, 1.54) is 0 Å². The van der Waals surface area contributed by atoms with E-state index in [1.807, 2.05) is 12.1 Å². The van der Waals surface area contributed by atoms with Crippen molar-refractivity contribution in [3.05, 3.63) is 29.3 Å². The third-order valence-corrected chi connectivity index (χ3v) is 4.31. The molecular weight excluding hydrogens is 316 g/mol. The highest BCUT2D eigenvalue weighted by atomic mass is 35.5. The van der Waals surface area contributed by atoms with Crippen molar-refractivity contribution in [3.8, 4) is 5.75 Å². The molecule has 2 rings (SSSR count). The van der Waals surface area contributed by atoms with E-state index in [1.54, 1.807) is 19.2 Å². The van der Waals surface area contributed by atoms with Gasteiger partial charge in [0.15, 0.2) is 0 Å². The Balaban J connectivity index is 1.58. The standard InChI is InChI=1S/C17H25ClN2O3/c1-22-11-9-20-8-6-14(13-20)12-19-17(21)7-10-23-16-5-3-2-4-15(16)18/h2-5,14H,6-13H2,1H3,(H,19,21)/t14-/m0/s1. The van der Waals surface area contributed by atoms with Crippen LogP contribution in [0.1, 0.15) is 12.8 Å². The molecule has 1 aromatic carbocycles. The summed E-state index contributed by atoms with van der Waals surface area (Å²) in [5.74, 6) is 1.17. The van der Waals surface area contributed by atoms with Crippen LogP contribution in [0.25, 0.3) is 0 Å². The van der Waals surface area contributed by atoms with Crippen LogP contribution in [0.4, 0.5) is 0 Å². The molecule has 6 heteroatoms. The largest absolute Gasteiger partial charge is 0.491 e. The molecular formula is C17H25ClN2O3. The first kappa shape index (κ1) is 18.0. The molecule has 1 aliphatic rings. The summed E-state index contributed by atoms with van der Waals surface area (Å²) >= 11 is 6.00. The topological polar surface area (TPSA) is 50.8 Å². The second-order valence-electron chi connectivity index (χ2n) is 5.78. The fraction of sp³-hybridized carbons (Fsp3) is 0.588. The molecule has 1 aliphatic heterocycles. The summed E-state index contributed by atoms with van der Waals surface area (Å²) in [7, 11) is 1.72. The second kappa shape index (κ2) is 9.75. The number of para-hydroxylation sites is 1. The summed E-state index contributed by atoms with van der Waals surface area (Å²) in [6, 6.07) is 7.27. The third-order valence-electron chi connectivity index (χ3n) is 3.99. The van der Waals surface area contributed by atoms with Gasteiger partial charge >= 0.3 is 0 Å². The first-order chi connectivity index (χ1) is 11.2. The summed E-state index contributed by atoms with van der Waals surface area (Å²) < 4.78 is 10.6. The van der Waals surface area contributed by atoms with Gasteiger partial charge in [-0.25, -0.2) is 0 Å². The van der Waals surface area contributed by atoms with Gasteiger partial charge in [0.1, 0.15) is 5.75 Å². The number of nitrogens with one attached hydrogen (secondary N) is 1. The average molecular weight is 341 g/mol. The molecule has 1 fully saturated rings. The minimum absolute atomic E-state index is 0.0207. The van der Waals surface area contributed by atoms with Crippen LogP contribution in [0, 0.1) is 5.92 Å². The highest BCUT2D eigenvalue weighted by molar-refractivity contribution is 6.32. The molecule has 0 unspecified atom stereocenters. The quantitative estimate of drug-likeness (QED) is 0.748. The van der Waals surface area contributed by atoms with E-state index in [9.17, 15) is 4.79 Å². The van der Waals surface area contributed by atoms with Gasteiger partial charge in [-0.15, -0.1) is 0 Å². The number of likely N-dealkylation sites (tertiary alicyclic amines) is 1. The summed E-state index contributed by atoms with van der Waals surface area (Å²) in [4.78, 5) is 14.2. The van der Waals surface area contributed by atoms with Crippen molar-refractivity contribution in [3.63, 3.8) is 0 Å². The number of carbonyl (C=O) groups is 1. The van der Waals surface area contributed by atoms with Gasteiger partial charge in [0.25, 0.3) is 0 Å². The van der Waals surface area contributed by atoms with Gasteiger partial charge in [-0.05, 0) is 31.0 Å². The maximum atomic E-state index is 11.9. The van der Waals surface area contributed by atoms with E-state index in [0.29, 0.717) is 29.7 Å². The van der Waals surface area contributed by atoms with Crippen LogP contribution in [0.15, 0.2) is 24.3 Å². The maximum Gasteiger partial charge on any atom is 0.223 e. The average Bonchev–Trinajstić information content (AvgIpc) is 3.01. The van der Waals surface area contributed by atoms with E-state index < -0.39 is 0 Å². The molecule has 0 radical (unpaired) electrons. The zero-order valence-electron chi connectivity index (χ0n) is 13.6. The van der Waals surface area contributed by atoms with Crippen LogP contribution in [-0.2, 0) is 9.53 Å². The lowest BCUT2D eigenvalue weighted by atomic mass is 10.1. The number of amides is 1. The first-order valence-electron chi connectivity index (χ1n) is 8.04. The number of halogens is 1. The molecule has 0 bridgehead atoms. The molecule has 0 saturated carbocycles. The first-order valence-corrected chi connectivity index (χ1v) is 8.42. The Morgan fingerprint density at radius 3 is 3.00 bits per heavy atom. The normalized spacial score (nSPS) is 18.1.